The number of benzene rings is 4. The van der Waals surface area contributed by atoms with Gasteiger partial charge in [-0.1, -0.05) is 24.3 Å². The Kier molecular flexibility index (Phi) is 4.29. The summed E-state index contributed by atoms with van der Waals surface area (Å²) in [7, 11) is 0. The molecule has 140 valence electrons. The fraction of sp³-hybridized carbons (Fsp3) is 0. The number of rotatable bonds is 4. The standard InChI is InChI=1S/C22H20N4O2/c23-14-5-7-20(18(25)10-14)27-16-9-13-3-1-2-4-17(13)22(12-16)28-21-8-6-15(24)11-19(21)26/h1-12H,23-26H2. The molecule has 4 aromatic carbocycles. The van der Waals surface area contributed by atoms with E-state index in [1.54, 1.807) is 42.5 Å². The summed E-state index contributed by atoms with van der Waals surface area (Å²) in [5, 5.41) is 1.88. The Morgan fingerprint density at radius 3 is 1.79 bits per heavy atom. The van der Waals surface area contributed by atoms with E-state index in [0.717, 1.165) is 10.8 Å². The molecule has 0 aliphatic rings. The van der Waals surface area contributed by atoms with E-state index in [9.17, 15) is 0 Å². The van der Waals surface area contributed by atoms with Crippen LogP contribution in [-0.4, -0.2) is 0 Å². The molecule has 0 saturated carbocycles. The maximum atomic E-state index is 6.09. The van der Waals surface area contributed by atoms with Crippen LogP contribution in [0.3, 0.4) is 0 Å². The highest BCUT2D eigenvalue weighted by Crippen LogP contribution is 2.39. The Hall–Kier alpha value is -4.06. The topological polar surface area (TPSA) is 123 Å². The van der Waals surface area contributed by atoms with Crippen molar-refractivity contribution in [2.75, 3.05) is 22.9 Å². The van der Waals surface area contributed by atoms with Gasteiger partial charge in [0.2, 0.25) is 0 Å². The second kappa shape index (κ2) is 6.92. The minimum absolute atomic E-state index is 0.457. The molecular weight excluding hydrogens is 352 g/mol. The SMILES string of the molecule is Nc1ccc(Oc2cc(Oc3ccc(N)cc3N)c3ccccc3c2)c(N)c1. The van der Waals surface area contributed by atoms with Crippen molar-refractivity contribution < 1.29 is 9.47 Å². The summed E-state index contributed by atoms with van der Waals surface area (Å²) in [6.45, 7) is 0. The number of nitrogen functional groups attached to an aromatic ring is 4. The van der Waals surface area contributed by atoms with E-state index in [0.29, 0.717) is 45.7 Å². The first-order valence-electron chi connectivity index (χ1n) is 8.68. The monoisotopic (exact) mass is 372 g/mol. The highest BCUT2D eigenvalue weighted by Gasteiger charge is 2.11. The van der Waals surface area contributed by atoms with Crippen LogP contribution in [0.1, 0.15) is 0 Å². The first-order valence-corrected chi connectivity index (χ1v) is 8.68. The third kappa shape index (κ3) is 3.43. The summed E-state index contributed by atoms with van der Waals surface area (Å²) < 4.78 is 12.1. The average Bonchev–Trinajstić information content (AvgIpc) is 2.66. The maximum Gasteiger partial charge on any atom is 0.150 e. The zero-order chi connectivity index (χ0) is 19.7. The number of hydrogen-bond acceptors (Lipinski definition) is 6. The fourth-order valence-corrected chi connectivity index (χ4v) is 2.96. The summed E-state index contributed by atoms with van der Waals surface area (Å²) in [4.78, 5) is 0. The van der Waals surface area contributed by atoms with Gasteiger partial charge in [0.15, 0.2) is 0 Å². The first kappa shape index (κ1) is 17.4. The zero-order valence-electron chi connectivity index (χ0n) is 15.1. The minimum atomic E-state index is 0.457. The maximum absolute atomic E-state index is 6.09. The van der Waals surface area contributed by atoms with Crippen LogP contribution in [0.25, 0.3) is 10.8 Å². The number of ether oxygens (including phenoxy) is 2. The Bertz CT molecular complexity index is 1170. The van der Waals surface area contributed by atoms with Crippen LogP contribution in [0.15, 0.2) is 72.8 Å². The van der Waals surface area contributed by atoms with Crippen molar-refractivity contribution in [1.82, 2.24) is 0 Å². The third-order valence-corrected chi connectivity index (χ3v) is 4.31. The fourth-order valence-electron chi connectivity index (χ4n) is 2.96. The number of anilines is 4. The molecular formula is C22H20N4O2. The predicted molar refractivity (Wildman–Crippen MR) is 115 cm³/mol. The average molecular weight is 372 g/mol. The van der Waals surface area contributed by atoms with Crippen LogP contribution in [0.5, 0.6) is 23.0 Å². The summed E-state index contributed by atoms with van der Waals surface area (Å²) in [5.41, 5.74) is 25.6. The van der Waals surface area contributed by atoms with Gasteiger partial charge in [-0.25, -0.2) is 0 Å². The van der Waals surface area contributed by atoms with Gasteiger partial charge in [0.1, 0.15) is 23.0 Å². The van der Waals surface area contributed by atoms with Crippen molar-refractivity contribution in [3.63, 3.8) is 0 Å². The van der Waals surface area contributed by atoms with Gasteiger partial charge in [0, 0.05) is 22.8 Å². The molecule has 0 unspecified atom stereocenters. The lowest BCUT2D eigenvalue weighted by Gasteiger charge is -2.15. The van der Waals surface area contributed by atoms with E-state index in [1.807, 2.05) is 30.3 Å². The largest absolute Gasteiger partial charge is 0.455 e. The van der Waals surface area contributed by atoms with E-state index in [1.165, 1.54) is 0 Å². The lowest BCUT2D eigenvalue weighted by atomic mass is 10.1. The Morgan fingerprint density at radius 1 is 0.536 bits per heavy atom. The van der Waals surface area contributed by atoms with Gasteiger partial charge in [-0.2, -0.15) is 0 Å². The van der Waals surface area contributed by atoms with E-state index in [2.05, 4.69) is 0 Å². The number of nitrogens with two attached hydrogens (primary N) is 4. The smallest absolute Gasteiger partial charge is 0.150 e. The highest BCUT2D eigenvalue weighted by molar-refractivity contribution is 5.90. The van der Waals surface area contributed by atoms with Crippen molar-refractivity contribution in [1.29, 1.82) is 0 Å². The molecule has 0 saturated heterocycles. The van der Waals surface area contributed by atoms with Gasteiger partial charge in [-0.05, 0) is 47.9 Å². The van der Waals surface area contributed by atoms with E-state index in [4.69, 9.17) is 32.4 Å². The molecule has 0 aliphatic carbocycles. The third-order valence-electron chi connectivity index (χ3n) is 4.31. The molecule has 0 spiro atoms. The molecule has 0 aromatic heterocycles. The molecule has 6 nitrogen and oxygen atoms in total. The Balaban J connectivity index is 1.76. The van der Waals surface area contributed by atoms with Crippen molar-refractivity contribution in [2.24, 2.45) is 0 Å². The first-order chi connectivity index (χ1) is 13.5. The van der Waals surface area contributed by atoms with Crippen LogP contribution >= 0.6 is 0 Å². The highest BCUT2D eigenvalue weighted by atomic mass is 16.5. The molecule has 28 heavy (non-hydrogen) atoms. The summed E-state index contributed by atoms with van der Waals surface area (Å²) in [5.74, 6) is 2.23. The van der Waals surface area contributed by atoms with Gasteiger partial charge in [0.05, 0.1) is 11.4 Å². The van der Waals surface area contributed by atoms with Gasteiger partial charge < -0.3 is 32.4 Å². The Morgan fingerprint density at radius 2 is 1.14 bits per heavy atom. The molecule has 0 atom stereocenters. The molecule has 0 radical (unpaired) electrons. The second-order valence-corrected chi connectivity index (χ2v) is 6.44. The van der Waals surface area contributed by atoms with Gasteiger partial charge >= 0.3 is 0 Å². The summed E-state index contributed by atoms with van der Waals surface area (Å²) in [6, 6.07) is 21.8. The van der Waals surface area contributed by atoms with Crippen molar-refractivity contribution in [3.05, 3.63) is 72.8 Å². The van der Waals surface area contributed by atoms with Crippen molar-refractivity contribution >= 4 is 33.5 Å². The molecule has 0 fully saturated rings. The molecule has 0 amide bonds. The molecule has 0 aliphatic heterocycles. The zero-order valence-corrected chi connectivity index (χ0v) is 15.1. The molecule has 4 aromatic rings. The molecule has 6 heteroatoms. The normalized spacial score (nSPS) is 10.7. The van der Waals surface area contributed by atoms with Crippen LogP contribution in [0, 0.1) is 0 Å². The summed E-state index contributed by atoms with van der Waals surface area (Å²) in [6.07, 6.45) is 0. The van der Waals surface area contributed by atoms with Crippen molar-refractivity contribution in [2.45, 2.75) is 0 Å². The van der Waals surface area contributed by atoms with Crippen LogP contribution < -0.4 is 32.4 Å². The quantitative estimate of drug-likeness (QED) is 0.383. The van der Waals surface area contributed by atoms with Gasteiger partial charge in [0.25, 0.3) is 0 Å². The van der Waals surface area contributed by atoms with E-state index in [-0.39, 0.29) is 0 Å². The van der Waals surface area contributed by atoms with Gasteiger partial charge in [-0.3, -0.25) is 0 Å². The molecule has 4 rings (SSSR count). The lowest BCUT2D eigenvalue weighted by molar-refractivity contribution is 0.467. The Labute approximate surface area is 162 Å². The predicted octanol–water partition coefficient (Wildman–Crippen LogP) is 4.75. The van der Waals surface area contributed by atoms with Crippen LogP contribution in [0.4, 0.5) is 22.7 Å². The second-order valence-electron chi connectivity index (χ2n) is 6.44. The number of fused-ring (bicyclic) bond motifs is 1. The number of hydrogen-bond donors (Lipinski definition) is 4. The van der Waals surface area contributed by atoms with Crippen LogP contribution in [-0.2, 0) is 0 Å². The lowest BCUT2D eigenvalue weighted by Crippen LogP contribution is -1.96. The summed E-state index contributed by atoms with van der Waals surface area (Å²) >= 11 is 0. The van der Waals surface area contributed by atoms with Crippen LogP contribution in [0.2, 0.25) is 0 Å². The van der Waals surface area contributed by atoms with E-state index < -0.39 is 0 Å². The molecule has 0 heterocycles. The van der Waals surface area contributed by atoms with E-state index >= 15 is 0 Å². The minimum Gasteiger partial charge on any atom is -0.455 e. The van der Waals surface area contributed by atoms with Crippen molar-refractivity contribution in [3.8, 4) is 23.0 Å². The van der Waals surface area contributed by atoms with Gasteiger partial charge in [-0.15, -0.1) is 0 Å². The molecule has 8 N–H and O–H groups in total. The molecule has 0 bridgehead atoms.